The third kappa shape index (κ3) is 6.77. The molecule has 0 fully saturated rings. The number of benzene rings is 3. The van der Waals surface area contributed by atoms with Crippen LogP contribution in [0.3, 0.4) is 0 Å². The number of alkyl halides is 1. The van der Waals surface area contributed by atoms with Gasteiger partial charge in [0, 0.05) is 16.0 Å². The van der Waals surface area contributed by atoms with E-state index >= 15 is 0 Å². The molecular formula is C26H32BrN5O2S2Si. The van der Waals surface area contributed by atoms with Crippen LogP contribution >= 0.6 is 26.1 Å². The van der Waals surface area contributed by atoms with E-state index < -0.39 is 28.3 Å². The van der Waals surface area contributed by atoms with Gasteiger partial charge in [-0.25, -0.2) is 8.42 Å². The molecule has 2 unspecified atom stereocenters. The van der Waals surface area contributed by atoms with Crippen LogP contribution in [0.15, 0.2) is 95.9 Å². The Hall–Kier alpha value is -2.31. The molecule has 1 heterocycles. The van der Waals surface area contributed by atoms with Crippen LogP contribution in [0.4, 0.5) is 0 Å². The van der Waals surface area contributed by atoms with Gasteiger partial charge in [-0.2, -0.15) is 19.6 Å². The lowest BCUT2D eigenvalue weighted by Gasteiger charge is -2.49. The maximum atomic E-state index is 14.0. The summed E-state index contributed by atoms with van der Waals surface area (Å²) in [6, 6.07) is 28.6. The minimum Gasteiger partial charge on any atom is -0.206 e. The molecule has 4 aromatic rings. The zero-order chi connectivity index (χ0) is 26.5. The fraction of sp³-hybridized carbons (Fsp3) is 0.269. The Balaban J connectivity index is 1.98. The molecule has 2 atom stereocenters. The van der Waals surface area contributed by atoms with E-state index in [4.69, 9.17) is 0 Å². The highest BCUT2D eigenvalue weighted by Crippen LogP contribution is 2.65. The molecule has 196 valence electrons. The van der Waals surface area contributed by atoms with Crippen LogP contribution in [0.1, 0.15) is 22.2 Å². The van der Waals surface area contributed by atoms with Gasteiger partial charge < -0.3 is 0 Å². The number of H-pyrrole nitrogens is 1. The van der Waals surface area contributed by atoms with Crippen molar-refractivity contribution in [2.75, 3.05) is 0 Å². The van der Waals surface area contributed by atoms with E-state index in [2.05, 4.69) is 84.6 Å². The van der Waals surface area contributed by atoms with Gasteiger partial charge in [0.25, 0.3) is 0 Å². The number of rotatable bonds is 11. The molecule has 2 N–H and O–H groups in total. The van der Waals surface area contributed by atoms with Crippen LogP contribution < -0.4 is 4.13 Å². The van der Waals surface area contributed by atoms with Crippen molar-refractivity contribution >= 4 is 44.2 Å². The number of nitrogens with zero attached hydrogens (tertiary/aromatic N) is 3. The summed E-state index contributed by atoms with van der Waals surface area (Å²) in [5.41, 5.74) is 2.10. The molecule has 4 rings (SSSR count). The summed E-state index contributed by atoms with van der Waals surface area (Å²) >= 11 is 4.04. The van der Waals surface area contributed by atoms with Gasteiger partial charge in [-0.15, -0.1) is 10.2 Å². The summed E-state index contributed by atoms with van der Waals surface area (Å²) in [5.74, 6) is 1.54. The largest absolute Gasteiger partial charge is 0.248 e. The van der Waals surface area contributed by atoms with Crippen LogP contribution in [0.25, 0.3) is 0 Å². The fourth-order valence-corrected chi connectivity index (χ4v) is 15.3. The predicted octanol–water partition coefficient (Wildman–Crippen LogP) is 5.98. The Morgan fingerprint density at radius 3 is 1.76 bits per heavy atom. The molecule has 7 nitrogen and oxygen atoms in total. The van der Waals surface area contributed by atoms with E-state index in [-0.39, 0.29) is 14.6 Å². The number of aromatic amines is 1. The number of nitrogens with one attached hydrogen (secondary N) is 2. The standard InChI is InChI=1S/C26H32BrN5O2S2Si/c1-37(2,3)25(27)24(26-28-30-31-29-26)35(19-21-13-7-4-8-14-21,20-22-15-9-5-10-16-22)32-36(33,34)23-17-11-6-12-18-23/h4-18,24-25,32H,19-20H2,1-3H3,(H,28,29,30,31). The predicted molar refractivity (Wildman–Crippen MR) is 158 cm³/mol. The van der Waals surface area contributed by atoms with E-state index in [1.54, 1.807) is 24.3 Å². The average Bonchev–Trinajstić information content (AvgIpc) is 3.39. The number of aromatic nitrogens is 4. The first-order valence-corrected chi connectivity index (χ1v) is 19.9. The molecule has 0 aliphatic rings. The monoisotopic (exact) mass is 617 g/mol. The normalized spacial score (nSPS) is 14.7. The van der Waals surface area contributed by atoms with Crippen molar-refractivity contribution in [1.29, 1.82) is 0 Å². The third-order valence-corrected chi connectivity index (χ3v) is 19.5. The molecule has 0 bridgehead atoms. The molecule has 37 heavy (non-hydrogen) atoms. The van der Waals surface area contributed by atoms with Gasteiger partial charge in [0.15, 0.2) is 5.82 Å². The van der Waals surface area contributed by atoms with Crippen molar-refractivity contribution in [2.24, 2.45) is 0 Å². The van der Waals surface area contributed by atoms with Crippen LogP contribution in [0.2, 0.25) is 19.6 Å². The number of sulfonamides is 1. The summed E-state index contributed by atoms with van der Waals surface area (Å²) < 4.78 is 31.3. The van der Waals surface area contributed by atoms with Gasteiger partial charge >= 0.3 is 0 Å². The molecule has 1 aromatic heterocycles. The Morgan fingerprint density at radius 2 is 1.32 bits per heavy atom. The van der Waals surface area contributed by atoms with E-state index in [0.717, 1.165) is 11.1 Å². The van der Waals surface area contributed by atoms with Crippen LogP contribution in [0.5, 0.6) is 0 Å². The molecule has 0 amide bonds. The number of hydrogen-bond acceptors (Lipinski definition) is 5. The molecule has 0 aliphatic carbocycles. The van der Waals surface area contributed by atoms with Crippen molar-refractivity contribution in [3.8, 4) is 0 Å². The van der Waals surface area contributed by atoms with Gasteiger partial charge in [0.2, 0.25) is 10.0 Å². The molecule has 3 aromatic carbocycles. The quantitative estimate of drug-likeness (QED) is 0.159. The second kappa shape index (κ2) is 11.6. The lowest BCUT2D eigenvalue weighted by atomic mass is 10.2. The van der Waals surface area contributed by atoms with Crippen LogP contribution in [-0.4, -0.2) is 41.6 Å². The van der Waals surface area contributed by atoms with Crippen molar-refractivity contribution in [3.05, 3.63) is 108 Å². The first-order valence-electron chi connectivity index (χ1n) is 11.9. The topological polar surface area (TPSA) is 101 Å². The molecule has 11 heteroatoms. The lowest BCUT2D eigenvalue weighted by molar-refractivity contribution is 0.593. The molecule has 0 saturated carbocycles. The minimum absolute atomic E-state index is 0.0292. The molecule has 0 spiro atoms. The van der Waals surface area contributed by atoms with Gasteiger partial charge in [-0.1, -0.05) is 120 Å². The Bertz CT molecular complexity index is 1330. The number of tetrazole rings is 1. The molecule has 0 saturated heterocycles. The molecule has 0 aliphatic heterocycles. The lowest BCUT2D eigenvalue weighted by Crippen LogP contribution is -2.45. The minimum atomic E-state index is -3.88. The van der Waals surface area contributed by atoms with E-state index in [1.165, 1.54) is 0 Å². The summed E-state index contributed by atoms with van der Waals surface area (Å²) in [7, 11) is -8.07. The SMILES string of the molecule is C[Si](C)(C)C(Br)C(c1nn[nH]n1)S(Cc1ccccc1)(Cc1ccccc1)NS(=O)(=O)c1ccccc1. The van der Waals surface area contributed by atoms with Crippen molar-refractivity contribution < 1.29 is 8.42 Å². The van der Waals surface area contributed by atoms with E-state index in [1.807, 2.05) is 42.5 Å². The van der Waals surface area contributed by atoms with E-state index in [9.17, 15) is 8.42 Å². The maximum absolute atomic E-state index is 14.0. The van der Waals surface area contributed by atoms with Gasteiger partial charge in [0.1, 0.15) is 0 Å². The van der Waals surface area contributed by atoms with Gasteiger partial charge in [0.05, 0.1) is 18.2 Å². The average molecular weight is 619 g/mol. The maximum Gasteiger partial charge on any atom is 0.248 e. The zero-order valence-corrected chi connectivity index (χ0v) is 25.3. The number of halogens is 1. The zero-order valence-electron chi connectivity index (χ0n) is 21.1. The molecule has 0 radical (unpaired) electrons. The summed E-state index contributed by atoms with van der Waals surface area (Å²) in [4.78, 5) is 0.235. The van der Waals surface area contributed by atoms with Gasteiger partial charge in [-0.3, -0.25) is 0 Å². The van der Waals surface area contributed by atoms with Gasteiger partial charge in [-0.05, 0) is 23.3 Å². The summed E-state index contributed by atoms with van der Waals surface area (Å²) in [6.07, 6.45) is 0. The highest BCUT2D eigenvalue weighted by atomic mass is 79.9. The second-order valence-corrected chi connectivity index (χ2v) is 22.4. The molecular weight excluding hydrogens is 586 g/mol. The van der Waals surface area contributed by atoms with E-state index in [0.29, 0.717) is 17.3 Å². The fourth-order valence-electron chi connectivity index (χ4n) is 4.26. The first-order chi connectivity index (χ1) is 17.6. The highest BCUT2D eigenvalue weighted by Gasteiger charge is 2.48. The second-order valence-electron chi connectivity index (χ2n) is 10.1. The van der Waals surface area contributed by atoms with Crippen molar-refractivity contribution in [2.45, 2.75) is 45.7 Å². The Morgan fingerprint density at radius 1 is 0.838 bits per heavy atom. The third-order valence-electron chi connectivity index (χ3n) is 6.06. The van der Waals surface area contributed by atoms with Crippen molar-refractivity contribution in [3.63, 3.8) is 0 Å². The summed E-state index contributed by atoms with van der Waals surface area (Å²) in [6.45, 7) is 6.79. The first kappa shape index (κ1) is 27.7. The van der Waals surface area contributed by atoms with Crippen LogP contribution in [0, 0.1) is 0 Å². The smallest absolute Gasteiger partial charge is 0.206 e. The highest BCUT2D eigenvalue weighted by molar-refractivity contribution is 9.10. The Labute approximate surface area is 230 Å². The summed E-state index contributed by atoms with van der Waals surface area (Å²) in [5, 5.41) is 15.0. The Kier molecular flexibility index (Phi) is 8.69. The van der Waals surface area contributed by atoms with Crippen LogP contribution in [-0.2, 0) is 21.5 Å². The van der Waals surface area contributed by atoms with Crippen molar-refractivity contribution in [1.82, 2.24) is 24.8 Å². The number of hydrogen-bond donors (Lipinski definition) is 2.